The molecule has 146 valence electrons. The maximum absolute atomic E-state index is 12.7. The molecule has 3 aromatic heterocycles. The number of anilines is 2. The highest BCUT2D eigenvalue weighted by Gasteiger charge is 2.22. The lowest BCUT2D eigenvalue weighted by Crippen LogP contribution is -2.50. The van der Waals surface area contributed by atoms with Crippen LogP contribution in [0.15, 0.2) is 24.4 Å². The first kappa shape index (κ1) is 18.6. The monoisotopic (exact) mass is 396 g/mol. The molecule has 0 bridgehead atoms. The quantitative estimate of drug-likeness (QED) is 0.731. The van der Waals surface area contributed by atoms with Gasteiger partial charge >= 0.3 is 0 Å². The van der Waals surface area contributed by atoms with Gasteiger partial charge in [0.05, 0.1) is 11.9 Å². The number of nitrogens with one attached hydrogen (secondary N) is 1. The second-order valence-electron chi connectivity index (χ2n) is 6.99. The molecule has 0 spiro atoms. The molecular weight excluding hydrogens is 372 g/mol. The molecule has 0 atom stereocenters. The molecule has 1 amide bonds. The number of carbonyl (C=O) groups excluding carboxylic acids is 1. The van der Waals surface area contributed by atoms with Crippen molar-refractivity contribution in [2.45, 2.75) is 20.8 Å². The fourth-order valence-electron chi connectivity index (χ4n) is 3.48. The average molecular weight is 397 g/mol. The molecular formula is C20H24N6OS. The predicted octanol–water partition coefficient (Wildman–Crippen LogP) is 2.77. The maximum Gasteiger partial charge on any atom is 0.242 e. The summed E-state index contributed by atoms with van der Waals surface area (Å²) in [4.78, 5) is 32.5. The third-order valence-corrected chi connectivity index (χ3v) is 6.25. The first-order valence-electron chi connectivity index (χ1n) is 9.45. The zero-order valence-corrected chi connectivity index (χ0v) is 17.2. The first-order chi connectivity index (χ1) is 13.5. The van der Waals surface area contributed by atoms with Crippen molar-refractivity contribution in [2.75, 3.05) is 42.9 Å². The number of carbonyl (C=O) groups is 1. The molecule has 0 aromatic carbocycles. The highest BCUT2D eigenvalue weighted by atomic mass is 32.1. The molecule has 0 aliphatic carbocycles. The predicted molar refractivity (Wildman–Crippen MR) is 113 cm³/mol. The molecule has 4 rings (SSSR count). The molecule has 1 saturated heterocycles. The van der Waals surface area contributed by atoms with Crippen LogP contribution < -0.4 is 10.2 Å². The van der Waals surface area contributed by atoms with E-state index in [1.54, 1.807) is 17.5 Å². The standard InChI is InChI=1S/C20H24N6OS/c1-13-14(2)28-20-18(13)19(23-15(3)24-20)22-12-17(27)26-10-8-25(9-11-26)16-6-4-5-7-21-16/h4-7H,8-12H2,1-3H3,(H,22,23,24). The van der Waals surface area contributed by atoms with Crippen molar-refractivity contribution in [1.82, 2.24) is 19.9 Å². The number of hydrogen-bond donors (Lipinski definition) is 1. The highest BCUT2D eigenvalue weighted by molar-refractivity contribution is 7.18. The van der Waals surface area contributed by atoms with Crippen molar-refractivity contribution in [3.8, 4) is 0 Å². The smallest absolute Gasteiger partial charge is 0.242 e. The van der Waals surface area contributed by atoms with E-state index in [0.717, 1.165) is 34.9 Å². The van der Waals surface area contributed by atoms with Gasteiger partial charge in [-0.3, -0.25) is 4.79 Å². The second kappa shape index (κ2) is 7.71. The number of pyridine rings is 1. The number of thiophene rings is 1. The van der Waals surface area contributed by atoms with Gasteiger partial charge < -0.3 is 15.1 Å². The number of amides is 1. The fourth-order valence-corrected chi connectivity index (χ4v) is 4.56. The second-order valence-corrected chi connectivity index (χ2v) is 8.20. The van der Waals surface area contributed by atoms with Crippen molar-refractivity contribution in [3.63, 3.8) is 0 Å². The Morgan fingerprint density at radius 1 is 1.14 bits per heavy atom. The lowest BCUT2D eigenvalue weighted by atomic mass is 10.2. The third-order valence-electron chi connectivity index (χ3n) is 5.15. The van der Waals surface area contributed by atoms with Gasteiger partial charge in [-0.2, -0.15) is 0 Å². The van der Waals surface area contributed by atoms with Crippen LogP contribution in [0.25, 0.3) is 10.2 Å². The number of fused-ring (bicyclic) bond motifs is 1. The Hall–Kier alpha value is -2.74. The molecule has 1 aliphatic rings. The minimum Gasteiger partial charge on any atom is -0.360 e. The Morgan fingerprint density at radius 2 is 1.93 bits per heavy atom. The van der Waals surface area contributed by atoms with E-state index in [1.807, 2.05) is 30.0 Å². The normalized spacial score (nSPS) is 14.5. The van der Waals surface area contributed by atoms with E-state index >= 15 is 0 Å². The van der Waals surface area contributed by atoms with Gasteiger partial charge in [0.15, 0.2) is 0 Å². The van der Waals surface area contributed by atoms with Crippen LogP contribution in [0.2, 0.25) is 0 Å². The summed E-state index contributed by atoms with van der Waals surface area (Å²) in [7, 11) is 0. The van der Waals surface area contributed by atoms with Gasteiger partial charge in [0, 0.05) is 37.3 Å². The SMILES string of the molecule is Cc1nc(NCC(=O)N2CCN(c3ccccn3)CC2)c2c(C)c(C)sc2n1. The topological polar surface area (TPSA) is 74.2 Å². The Morgan fingerprint density at radius 3 is 2.64 bits per heavy atom. The van der Waals surface area contributed by atoms with Crippen molar-refractivity contribution in [3.05, 3.63) is 40.7 Å². The zero-order chi connectivity index (χ0) is 19.7. The lowest BCUT2D eigenvalue weighted by molar-refractivity contribution is -0.129. The van der Waals surface area contributed by atoms with Gasteiger partial charge in [0.1, 0.15) is 22.3 Å². The Bertz CT molecular complexity index is 995. The summed E-state index contributed by atoms with van der Waals surface area (Å²) in [6.07, 6.45) is 1.80. The number of aryl methyl sites for hydroxylation is 3. The summed E-state index contributed by atoms with van der Waals surface area (Å²) in [6.45, 7) is 9.28. The third kappa shape index (κ3) is 3.64. The number of piperazine rings is 1. The molecule has 1 N–H and O–H groups in total. The van der Waals surface area contributed by atoms with Crippen LogP contribution in [-0.2, 0) is 4.79 Å². The Balaban J connectivity index is 1.40. The van der Waals surface area contributed by atoms with Crippen molar-refractivity contribution in [1.29, 1.82) is 0 Å². The van der Waals surface area contributed by atoms with Crippen LogP contribution in [0.4, 0.5) is 11.6 Å². The molecule has 28 heavy (non-hydrogen) atoms. The van der Waals surface area contributed by atoms with Crippen LogP contribution in [0.1, 0.15) is 16.3 Å². The van der Waals surface area contributed by atoms with E-state index in [0.29, 0.717) is 18.9 Å². The summed E-state index contributed by atoms with van der Waals surface area (Å²) < 4.78 is 0. The summed E-state index contributed by atoms with van der Waals surface area (Å²) in [5, 5.41) is 4.29. The van der Waals surface area contributed by atoms with Gasteiger partial charge in [0.2, 0.25) is 5.91 Å². The molecule has 0 unspecified atom stereocenters. The first-order valence-corrected chi connectivity index (χ1v) is 10.3. The van der Waals surface area contributed by atoms with E-state index in [-0.39, 0.29) is 12.5 Å². The van der Waals surface area contributed by atoms with E-state index in [1.165, 1.54) is 10.4 Å². The van der Waals surface area contributed by atoms with E-state index in [9.17, 15) is 4.79 Å². The number of rotatable bonds is 4. The van der Waals surface area contributed by atoms with E-state index < -0.39 is 0 Å². The molecule has 0 saturated carbocycles. The molecule has 3 aromatic rings. The minimum absolute atomic E-state index is 0.0923. The maximum atomic E-state index is 12.7. The van der Waals surface area contributed by atoms with Gasteiger partial charge in [-0.05, 0) is 38.5 Å². The molecule has 8 heteroatoms. The number of nitrogens with zero attached hydrogens (tertiary/aromatic N) is 5. The van der Waals surface area contributed by atoms with Gasteiger partial charge in [-0.15, -0.1) is 11.3 Å². The summed E-state index contributed by atoms with van der Waals surface area (Å²) in [5.41, 5.74) is 1.18. The van der Waals surface area contributed by atoms with Crippen LogP contribution in [0.3, 0.4) is 0 Å². The van der Waals surface area contributed by atoms with Crippen molar-refractivity contribution in [2.24, 2.45) is 0 Å². The van der Waals surface area contributed by atoms with E-state index in [4.69, 9.17) is 0 Å². The number of aromatic nitrogens is 3. The van der Waals surface area contributed by atoms with E-state index in [2.05, 4.69) is 39.0 Å². The van der Waals surface area contributed by atoms with Crippen LogP contribution in [0, 0.1) is 20.8 Å². The molecule has 0 radical (unpaired) electrons. The number of hydrogen-bond acceptors (Lipinski definition) is 7. The van der Waals surface area contributed by atoms with Crippen molar-refractivity contribution >= 4 is 39.1 Å². The van der Waals surface area contributed by atoms with Gasteiger partial charge in [0.25, 0.3) is 0 Å². The van der Waals surface area contributed by atoms with Gasteiger partial charge in [-0.25, -0.2) is 15.0 Å². The van der Waals surface area contributed by atoms with Crippen LogP contribution in [0.5, 0.6) is 0 Å². The zero-order valence-electron chi connectivity index (χ0n) is 16.4. The van der Waals surface area contributed by atoms with Gasteiger partial charge in [-0.1, -0.05) is 6.07 Å². The summed E-state index contributed by atoms with van der Waals surface area (Å²) >= 11 is 1.67. The molecule has 4 heterocycles. The Kier molecular flexibility index (Phi) is 5.13. The molecule has 1 fully saturated rings. The summed E-state index contributed by atoms with van der Waals surface area (Å²) in [6, 6.07) is 5.91. The van der Waals surface area contributed by atoms with Crippen LogP contribution >= 0.6 is 11.3 Å². The average Bonchev–Trinajstić information content (AvgIpc) is 3.00. The largest absolute Gasteiger partial charge is 0.360 e. The van der Waals surface area contributed by atoms with Crippen LogP contribution in [-0.4, -0.2) is 58.5 Å². The Labute approximate surface area is 168 Å². The minimum atomic E-state index is 0.0923. The molecule has 7 nitrogen and oxygen atoms in total. The highest BCUT2D eigenvalue weighted by Crippen LogP contribution is 2.33. The molecule has 1 aliphatic heterocycles. The van der Waals surface area contributed by atoms with Crippen molar-refractivity contribution < 1.29 is 4.79 Å². The lowest BCUT2D eigenvalue weighted by Gasteiger charge is -2.35. The summed E-state index contributed by atoms with van der Waals surface area (Å²) in [5.74, 6) is 2.53. The fraction of sp³-hybridized carbons (Fsp3) is 0.400.